The average molecular weight is 593 g/mol. The number of amides is 2. The van der Waals surface area contributed by atoms with Gasteiger partial charge in [0.25, 0.3) is 0 Å². The number of anilines is 3. The highest BCUT2D eigenvalue weighted by Gasteiger charge is 2.43. The molecule has 0 unspecified atom stereocenters. The second kappa shape index (κ2) is 12.7. The number of aryl methyl sites for hydroxylation is 1. The zero-order valence-electron chi connectivity index (χ0n) is 24.6. The summed E-state index contributed by atoms with van der Waals surface area (Å²) in [5, 5.41) is 33.2. The van der Waals surface area contributed by atoms with Gasteiger partial charge in [-0.15, -0.1) is 0 Å². The van der Waals surface area contributed by atoms with Crippen LogP contribution in [0.3, 0.4) is 0 Å². The number of urea groups is 1. The minimum Gasteiger partial charge on any atom is -0.394 e. The molecule has 0 radical (unpaired) electrons. The Morgan fingerprint density at radius 3 is 2.50 bits per heavy atom. The molecule has 4 N–H and O–H groups in total. The average Bonchev–Trinajstić information content (AvgIpc) is 3.70. The van der Waals surface area contributed by atoms with Crippen molar-refractivity contribution in [3.05, 3.63) is 78.4 Å². The van der Waals surface area contributed by atoms with Crippen LogP contribution in [0.5, 0.6) is 0 Å². The molecule has 0 atom stereocenters. The Morgan fingerprint density at radius 1 is 1.07 bits per heavy atom. The van der Waals surface area contributed by atoms with E-state index in [0.29, 0.717) is 29.7 Å². The summed E-state index contributed by atoms with van der Waals surface area (Å²) in [6, 6.07) is 15.7. The van der Waals surface area contributed by atoms with Crippen LogP contribution in [0, 0.1) is 11.3 Å². The minimum atomic E-state index is -0.399. The van der Waals surface area contributed by atoms with Crippen molar-refractivity contribution in [2.24, 2.45) is 7.05 Å². The van der Waals surface area contributed by atoms with Gasteiger partial charge in [-0.25, -0.2) is 14.8 Å². The van der Waals surface area contributed by atoms with Crippen molar-refractivity contribution in [2.45, 2.75) is 62.7 Å². The van der Waals surface area contributed by atoms with Crippen molar-refractivity contribution < 1.29 is 9.90 Å². The van der Waals surface area contributed by atoms with Crippen LogP contribution < -0.4 is 20.9 Å². The number of hydrogen-bond acceptors (Lipinski definition) is 9. The third-order valence-corrected chi connectivity index (χ3v) is 8.38. The Hall–Kier alpha value is -5.02. The molecule has 4 aromatic rings. The molecular formula is C32H36N10O2. The number of nitriles is 1. The lowest BCUT2D eigenvalue weighted by molar-refractivity contribution is 0.240. The number of benzene rings is 1. The molecule has 3 heterocycles. The fraction of sp³-hybridized carbons (Fsp3) is 0.375. The maximum absolute atomic E-state index is 13.7. The van der Waals surface area contributed by atoms with Gasteiger partial charge in [0.2, 0.25) is 5.95 Å². The molecule has 2 aliphatic carbocycles. The van der Waals surface area contributed by atoms with Crippen molar-refractivity contribution >= 4 is 23.6 Å². The van der Waals surface area contributed by atoms with E-state index in [4.69, 9.17) is 4.98 Å². The van der Waals surface area contributed by atoms with Crippen molar-refractivity contribution in [1.29, 1.82) is 5.26 Å². The van der Waals surface area contributed by atoms with Gasteiger partial charge in [-0.2, -0.15) is 15.3 Å². The van der Waals surface area contributed by atoms with Crippen LogP contribution in [0.15, 0.2) is 67.3 Å². The maximum atomic E-state index is 13.7. The van der Waals surface area contributed by atoms with Gasteiger partial charge in [-0.1, -0.05) is 30.3 Å². The molecule has 6 rings (SSSR count). The third-order valence-electron chi connectivity index (χ3n) is 8.38. The molecule has 3 aromatic heterocycles. The molecule has 2 amide bonds. The molecule has 44 heavy (non-hydrogen) atoms. The highest BCUT2D eigenvalue weighted by atomic mass is 16.3. The lowest BCUT2D eigenvalue weighted by atomic mass is 9.90. The van der Waals surface area contributed by atoms with E-state index in [2.05, 4.69) is 37.1 Å². The first-order chi connectivity index (χ1) is 21.4. The van der Waals surface area contributed by atoms with E-state index >= 15 is 0 Å². The first-order valence-electron chi connectivity index (χ1n) is 14.9. The zero-order chi connectivity index (χ0) is 30.5. The first kappa shape index (κ1) is 29.1. The predicted molar refractivity (Wildman–Crippen MR) is 167 cm³/mol. The van der Waals surface area contributed by atoms with Crippen molar-refractivity contribution in [3.8, 4) is 17.2 Å². The normalized spacial score (nSPS) is 18.6. The summed E-state index contributed by atoms with van der Waals surface area (Å²) in [6.45, 7) is 0.413. The second-order valence-corrected chi connectivity index (χ2v) is 11.6. The van der Waals surface area contributed by atoms with Gasteiger partial charge in [0.1, 0.15) is 23.3 Å². The molecule has 0 aliphatic heterocycles. The Labute approximate surface area is 256 Å². The molecule has 0 saturated heterocycles. The molecule has 0 spiro atoms. The number of aromatic nitrogens is 5. The summed E-state index contributed by atoms with van der Waals surface area (Å²) in [5.74, 6) is 1.48. The van der Waals surface area contributed by atoms with E-state index in [1.165, 1.54) is 6.20 Å². The topological polar surface area (TPSA) is 157 Å². The highest BCUT2D eigenvalue weighted by Crippen LogP contribution is 2.38. The molecule has 2 fully saturated rings. The van der Waals surface area contributed by atoms with Gasteiger partial charge in [-0.05, 0) is 56.2 Å². The molecule has 226 valence electrons. The number of aliphatic hydroxyl groups excluding tert-OH is 1. The monoisotopic (exact) mass is 592 g/mol. The van der Waals surface area contributed by atoms with Gasteiger partial charge in [0.05, 0.1) is 24.5 Å². The van der Waals surface area contributed by atoms with E-state index in [-0.39, 0.29) is 24.7 Å². The molecule has 2 saturated carbocycles. The number of pyridine rings is 1. The summed E-state index contributed by atoms with van der Waals surface area (Å²) in [4.78, 5) is 29.1. The van der Waals surface area contributed by atoms with Crippen LogP contribution in [-0.2, 0) is 13.6 Å². The van der Waals surface area contributed by atoms with Gasteiger partial charge < -0.3 is 21.1 Å². The lowest BCUT2D eigenvalue weighted by Gasteiger charge is -2.36. The number of nitrogens with zero attached hydrogens (tertiary/aromatic N) is 7. The van der Waals surface area contributed by atoms with Gasteiger partial charge in [0.15, 0.2) is 0 Å². The predicted octanol–water partition coefficient (Wildman–Crippen LogP) is 4.22. The van der Waals surface area contributed by atoms with E-state index in [1.807, 2.05) is 55.7 Å². The van der Waals surface area contributed by atoms with Crippen LogP contribution in [0.4, 0.5) is 22.4 Å². The second-order valence-electron chi connectivity index (χ2n) is 11.6. The number of carbonyl (C=O) groups is 1. The quantitative estimate of drug-likeness (QED) is 0.212. The van der Waals surface area contributed by atoms with Crippen LogP contribution in [0.1, 0.15) is 49.7 Å². The molecule has 0 bridgehead atoms. The summed E-state index contributed by atoms with van der Waals surface area (Å²) in [6.07, 6.45) is 11.8. The summed E-state index contributed by atoms with van der Waals surface area (Å²) >= 11 is 0. The third kappa shape index (κ3) is 6.63. The van der Waals surface area contributed by atoms with E-state index in [9.17, 15) is 15.2 Å². The van der Waals surface area contributed by atoms with Crippen molar-refractivity contribution in [2.75, 3.05) is 22.1 Å². The minimum absolute atomic E-state index is 0.00881. The number of aliphatic hydroxyl groups is 1. The number of carbonyl (C=O) groups excluding carboxylic acids is 1. The van der Waals surface area contributed by atoms with E-state index < -0.39 is 5.54 Å². The van der Waals surface area contributed by atoms with Crippen LogP contribution in [0.25, 0.3) is 11.1 Å². The van der Waals surface area contributed by atoms with Crippen LogP contribution in [0.2, 0.25) is 0 Å². The summed E-state index contributed by atoms with van der Waals surface area (Å²) < 4.78 is 1.75. The van der Waals surface area contributed by atoms with Gasteiger partial charge in [0, 0.05) is 49.2 Å². The molecule has 12 nitrogen and oxygen atoms in total. The number of hydrogen-bond donors (Lipinski definition) is 4. The Kier molecular flexibility index (Phi) is 8.38. The Balaban J connectivity index is 1.14. The Morgan fingerprint density at radius 2 is 1.86 bits per heavy atom. The standard InChI is InChI=1S/C32H36N10O2/c1-41-20-25(19-37-41)23-7-12-28(34-17-23)42(31(44)36-16-22-5-3-2-4-6-22)27-10-8-26(9-11-27)38-30-35-18-24(15-33)29(39-30)40-32(21-43)13-14-32/h2-7,12,17-20,26-27,43H,8-11,13-14,16,21H2,1H3,(H,36,44)(H2,35,38,39,40). The van der Waals surface area contributed by atoms with E-state index in [1.54, 1.807) is 22.0 Å². The highest BCUT2D eigenvalue weighted by molar-refractivity contribution is 5.91. The summed E-state index contributed by atoms with van der Waals surface area (Å²) in [5.41, 5.74) is 2.87. The van der Waals surface area contributed by atoms with Crippen molar-refractivity contribution in [1.82, 2.24) is 30.0 Å². The van der Waals surface area contributed by atoms with Crippen LogP contribution >= 0.6 is 0 Å². The lowest BCUT2D eigenvalue weighted by Crippen LogP contribution is -2.49. The SMILES string of the molecule is Cn1cc(-c2ccc(N(C(=O)NCc3ccccc3)C3CCC(Nc4ncc(C#N)c(NC5(CO)CC5)n4)CC3)nc2)cn1. The molecule has 2 aliphatic rings. The summed E-state index contributed by atoms with van der Waals surface area (Å²) in [7, 11) is 1.87. The zero-order valence-corrected chi connectivity index (χ0v) is 24.6. The largest absolute Gasteiger partial charge is 0.394 e. The molecule has 1 aromatic carbocycles. The number of nitrogens with one attached hydrogen (secondary N) is 3. The smallest absolute Gasteiger partial charge is 0.323 e. The van der Waals surface area contributed by atoms with Gasteiger partial charge in [-0.3, -0.25) is 9.58 Å². The fourth-order valence-electron chi connectivity index (χ4n) is 5.60. The van der Waals surface area contributed by atoms with Crippen molar-refractivity contribution in [3.63, 3.8) is 0 Å². The van der Waals surface area contributed by atoms with Gasteiger partial charge >= 0.3 is 6.03 Å². The molecular weight excluding hydrogens is 556 g/mol. The first-order valence-corrected chi connectivity index (χ1v) is 14.9. The molecule has 12 heteroatoms. The van der Waals surface area contributed by atoms with E-state index in [0.717, 1.165) is 55.2 Å². The van der Waals surface area contributed by atoms with Crippen LogP contribution in [-0.4, -0.2) is 60.1 Å². The maximum Gasteiger partial charge on any atom is 0.323 e. The fourth-order valence-corrected chi connectivity index (χ4v) is 5.60. The number of rotatable bonds is 10. The Bertz CT molecular complexity index is 1620.